The Hall–Kier alpha value is -2.82. The summed E-state index contributed by atoms with van der Waals surface area (Å²) >= 11 is 0. The maximum Gasteiger partial charge on any atom is 0.314 e. The number of fused-ring (bicyclic) bond motifs is 1. The van der Waals surface area contributed by atoms with Crippen LogP contribution in [0.15, 0.2) is 40.5 Å². The SMILES string of the molecule is Cc1ccc(C=C2Oc3cc(OC(=O)C4CC4)ccc3C2=O)o1. The maximum absolute atomic E-state index is 12.3. The fourth-order valence-corrected chi connectivity index (χ4v) is 2.41. The summed E-state index contributed by atoms with van der Waals surface area (Å²) in [6.45, 7) is 1.83. The number of Topliss-reactive ketones (excluding diaryl/α,β-unsaturated/α-hetero) is 1. The summed E-state index contributed by atoms with van der Waals surface area (Å²) in [5, 5.41) is 0. The molecule has 2 aliphatic rings. The molecule has 0 atom stereocenters. The highest BCUT2D eigenvalue weighted by molar-refractivity contribution is 6.14. The fourth-order valence-electron chi connectivity index (χ4n) is 2.41. The van der Waals surface area contributed by atoms with E-state index in [1.165, 1.54) is 0 Å². The van der Waals surface area contributed by atoms with E-state index in [9.17, 15) is 9.59 Å². The van der Waals surface area contributed by atoms with Gasteiger partial charge < -0.3 is 13.9 Å². The molecule has 23 heavy (non-hydrogen) atoms. The van der Waals surface area contributed by atoms with E-state index in [1.807, 2.05) is 13.0 Å². The van der Waals surface area contributed by atoms with Gasteiger partial charge in [0.05, 0.1) is 11.5 Å². The van der Waals surface area contributed by atoms with Gasteiger partial charge in [-0.15, -0.1) is 0 Å². The van der Waals surface area contributed by atoms with Crippen molar-refractivity contribution in [1.82, 2.24) is 0 Å². The summed E-state index contributed by atoms with van der Waals surface area (Å²) in [7, 11) is 0. The van der Waals surface area contributed by atoms with E-state index in [-0.39, 0.29) is 23.4 Å². The first-order valence-electron chi connectivity index (χ1n) is 7.46. The second-order valence-corrected chi connectivity index (χ2v) is 5.74. The maximum atomic E-state index is 12.3. The molecule has 1 saturated carbocycles. The summed E-state index contributed by atoms with van der Waals surface area (Å²) in [6, 6.07) is 8.38. The number of aryl methyl sites for hydroxylation is 1. The molecular formula is C18H14O5. The van der Waals surface area contributed by atoms with E-state index in [1.54, 1.807) is 30.3 Å². The molecule has 1 aromatic heterocycles. The smallest absolute Gasteiger partial charge is 0.314 e. The molecule has 1 aliphatic carbocycles. The number of esters is 1. The molecule has 5 nitrogen and oxygen atoms in total. The van der Waals surface area contributed by atoms with Crippen LogP contribution in [0.3, 0.4) is 0 Å². The van der Waals surface area contributed by atoms with Gasteiger partial charge in [-0.2, -0.15) is 0 Å². The Morgan fingerprint density at radius 2 is 2.09 bits per heavy atom. The monoisotopic (exact) mass is 310 g/mol. The van der Waals surface area contributed by atoms with E-state index in [2.05, 4.69) is 0 Å². The number of hydrogen-bond donors (Lipinski definition) is 0. The topological polar surface area (TPSA) is 65.7 Å². The van der Waals surface area contributed by atoms with Crippen LogP contribution in [0.4, 0.5) is 0 Å². The molecule has 0 unspecified atom stereocenters. The highest BCUT2D eigenvalue weighted by Gasteiger charge is 2.33. The minimum atomic E-state index is -0.226. The molecule has 0 N–H and O–H groups in total. The first kappa shape index (κ1) is 13.8. The van der Waals surface area contributed by atoms with Crippen LogP contribution >= 0.6 is 0 Å². The van der Waals surface area contributed by atoms with Crippen LogP contribution in [-0.4, -0.2) is 11.8 Å². The quantitative estimate of drug-likeness (QED) is 0.493. The number of carbonyl (C=O) groups excluding carboxylic acids is 2. The predicted molar refractivity (Wildman–Crippen MR) is 81.2 cm³/mol. The van der Waals surface area contributed by atoms with E-state index >= 15 is 0 Å². The van der Waals surface area contributed by atoms with Gasteiger partial charge in [0, 0.05) is 12.1 Å². The summed E-state index contributed by atoms with van der Waals surface area (Å²) in [4.78, 5) is 24.0. The van der Waals surface area contributed by atoms with E-state index < -0.39 is 0 Å². The van der Waals surface area contributed by atoms with E-state index in [0.29, 0.717) is 22.8 Å². The van der Waals surface area contributed by atoms with Crippen molar-refractivity contribution < 1.29 is 23.5 Å². The Balaban J connectivity index is 1.58. The average Bonchev–Trinajstić information content (AvgIpc) is 3.23. The summed E-state index contributed by atoms with van der Waals surface area (Å²) in [5.74, 6) is 1.87. The molecule has 5 heteroatoms. The molecule has 0 bridgehead atoms. The van der Waals surface area contributed by atoms with E-state index in [0.717, 1.165) is 18.6 Å². The Bertz CT molecular complexity index is 839. The van der Waals surface area contributed by atoms with Gasteiger partial charge in [-0.25, -0.2) is 0 Å². The third kappa shape index (κ3) is 2.65. The number of furan rings is 1. The normalized spacial score (nSPS) is 18.0. The Kier molecular flexibility index (Phi) is 3.08. The minimum Gasteiger partial charge on any atom is -0.462 e. The number of carbonyl (C=O) groups is 2. The van der Waals surface area contributed by atoms with Crippen LogP contribution in [-0.2, 0) is 4.79 Å². The van der Waals surface area contributed by atoms with Crippen molar-refractivity contribution in [1.29, 1.82) is 0 Å². The number of benzene rings is 1. The molecule has 1 fully saturated rings. The largest absolute Gasteiger partial charge is 0.462 e. The summed E-state index contributed by atoms with van der Waals surface area (Å²) in [5.41, 5.74) is 0.450. The second kappa shape index (κ2) is 5.12. The lowest BCUT2D eigenvalue weighted by Gasteiger charge is -2.04. The van der Waals surface area contributed by atoms with Crippen LogP contribution < -0.4 is 9.47 Å². The Morgan fingerprint density at radius 3 is 2.78 bits per heavy atom. The van der Waals surface area contributed by atoms with Gasteiger partial charge in [0.25, 0.3) is 0 Å². The fraction of sp³-hybridized carbons (Fsp3) is 0.222. The van der Waals surface area contributed by atoms with Crippen molar-refractivity contribution in [3.8, 4) is 11.5 Å². The number of rotatable bonds is 3. The van der Waals surface area contributed by atoms with Crippen molar-refractivity contribution in [2.75, 3.05) is 0 Å². The third-order valence-electron chi connectivity index (χ3n) is 3.81. The predicted octanol–water partition coefficient (Wildman–Crippen LogP) is 3.52. The molecule has 0 amide bonds. The molecule has 1 aromatic carbocycles. The van der Waals surface area contributed by atoms with Gasteiger partial charge >= 0.3 is 5.97 Å². The number of hydrogen-bond acceptors (Lipinski definition) is 5. The minimum absolute atomic E-state index is 0.0171. The zero-order chi connectivity index (χ0) is 16.0. The summed E-state index contributed by atoms with van der Waals surface area (Å²) in [6.07, 6.45) is 3.33. The number of allylic oxidation sites excluding steroid dienone is 1. The van der Waals surface area contributed by atoms with Crippen LogP contribution in [0.5, 0.6) is 11.5 Å². The lowest BCUT2D eigenvalue weighted by atomic mass is 10.1. The first-order valence-corrected chi connectivity index (χ1v) is 7.46. The first-order chi connectivity index (χ1) is 11.1. The summed E-state index contributed by atoms with van der Waals surface area (Å²) < 4.78 is 16.3. The number of ketones is 1. The van der Waals surface area contributed by atoms with Gasteiger partial charge in [-0.3, -0.25) is 9.59 Å². The molecule has 116 valence electrons. The molecule has 0 spiro atoms. The lowest BCUT2D eigenvalue weighted by Crippen LogP contribution is -2.09. The second-order valence-electron chi connectivity index (χ2n) is 5.74. The highest BCUT2D eigenvalue weighted by atomic mass is 16.5. The van der Waals surface area contributed by atoms with Gasteiger partial charge in [0.1, 0.15) is 23.0 Å². The van der Waals surface area contributed by atoms with Crippen molar-refractivity contribution in [3.63, 3.8) is 0 Å². The zero-order valence-corrected chi connectivity index (χ0v) is 12.5. The van der Waals surface area contributed by atoms with Gasteiger partial charge in [0.2, 0.25) is 5.78 Å². The van der Waals surface area contributed by atoms with Crippen LogP contribution in [0, 0.1) is 12.8 Å². The van der Waals surface area contributed by atoms with Crippen LogP contribution in [0.25, 0.3) is 6.08 Å². The van der Waals surface area contributed by atoms with Crippen molar-refractivity contribution in [2.45, 2.75) is 19.8 Å². The van der Waals surface area contributed by atoms with Crippen LogP contribution in [0.1, 0.15) is 34.7 Å². The zero-order valence-electron chi connectivity index (χ0n) is 12.5. The molecule has 0 saturated heterocycles. The van der Waals surface area contributed by atoms with Gasteiger partial charge in [-0.1, -0.05) is 0 Å². The average molecular weight is 310 g/mol. The Labute approximate surface area is 132 Å². The molecule has 2 heterocycles. The number of ether oxygens (including phenoxy) is 2. The highest BCUT2D eigenvalue weighted by Crippen LogP contribution is 2.36. The third-order valence-corrected chi connectivity index (χ3v) is 3.81. The lowest BCUT2D eigenvalue weighted by molar-refractivity contribution is -0.135. The van der Waals surface area contributed by atoms with Crippen molar-refractivity contribution >= 4 is 17.8 Å². The van der Waals surface area contributed by atoms with Crippen LogP contribution in [0.2, 0.25) is 0 Å². The molecule has 0 radical (unpaired) electrons. The molecule has 2 aromatic rings. The molecule has 4 rings (SSSR count). The van der Waals surface area contributed by atoms with Gasteiger partial charge in [0.15, 0.2) is 5.76 Å². The molecule has 1 aliphatic heterocycles. The van der Waals surface area contributed by atoms with Gasteiger partial charge in [-0.05, 0) is 44.0 Å². The standard InChI is InChI=1S/C18H14O5/c1-10-2-5-12(21-10)9-16-17(19)14-7-6-13(8-15(14)23-16)22-18(20)11-3-4-11/h2,5-9,11H,3-4H2,1H3. The van der Waals surface area contributed by atoms with Crippen molar-refractivity contribution in [3.05, 3.63) is 53.2 Å². The molecular weight excluding hydrogens is 296 g/mol. The van der Waals surface area contributed by atoms with E-state index in [4.69, 9.17) is 13.9 Å². The van der Waals surface area contributed by atoms with Crippen molar-refractivity contribution in [2.24, 2.45) is 5.92 Å². The Morgan fingerprint density at radius 1 is 1.26 bits per heavy atom.